The van der Waals surface area contributed by atoms with Crippen LogP contribution in [0.2, 0.25) is 0 Å². The fraction of sp³-hybridized carbons (Fsp3) is 0.100. The van der Waals surface area contributed by atoms with Gasteiger partial charge in [0.15, 0.2) is 0 Å². The van der Waals surface area contributed by atoms with E-state index < -0.39 is 18.2 Å². The van der Waals surface area contributed by atoms with E-state index in [-0.39, 0.29) is 16.3 Å². The second-order valence-corrected chi connectivity index (χ2v) is 3.17. The molecule has 1 aromatic rings. The van der Waals surface area contributed by atoms with Crippen molar-refractivity contribution in [3.05, 3.63) is 29.8 Å². The number of benzene rings is 1. The highest BCUT2D eigenvalue weighted by Crippen LogP contribution is 2.21. The fourth-order valence-electron chi connectivity index (χ4n) is 1.03. The number of alkyl halides is 3. The largest absolute Gasteiger partial charge is 0.493 e. The zero-order valence-corrected chi connectivity index (χ0v) is 9.14. The Labute approximate surface area is 104 Å². The number of hydroxylamine groups is 1. The summed E-state index contributed by atoms with van der Waals surface area (Å²) in [5.41, 5.74) is 4.79. The van der Waals surface area contributed by atoms with Gasteiger partial charge in [-0.1, -0.05) is 0 Å². The maximum Gasteiger partial charge on any atom is 0.493 e. The van der Waals surface area contributed by atoms with Gasteiger partial charge in [0.2, 0.25) is 0 Å². The molecule has 0 bridgehead atoms. The third-order valence-electron chi connectivity index (χ3n) is 1.84. The minimum absolute atomic E-state index is 0.0169. The van der Waals surface area contributed by atoms with Crippen LogP contribution in [0, 0.1) is 11.3 Å². The standard InChI is InChI=1S/C10H6F3N3O3/c11-10(12,13)8(17)19-16(9(15)18)7-3-1-6(5-14)2-4-7/h1-4H,(H2,15,18). The summed E-state index contributed by atoms with van der Waals surface area (Å²) in [6.07, 6.45) is -5.26. The SMILES string of the molecule is N#Cc1ccc(N(OC(=O)C(F)(F)F)C(N)=O)cc1. The fourth-order valence-corrected chi connectivity index (χ4v) is 1.03. The van der Waals surface area contributed by atoms with Gasteiger partial charge in [0.1, 0.15) is 0 Å². The van der Waals surface area contributed by atoms with E-state index in [2.05, 4.69) is 4.84 Å². The van der Waals surface area contributed by atoms with Gasteiger partial charge in [-0.25, -0.2) is 9.59 Å². The first kappa shape index (κ1) is 14.3. The summed E-state index contributed by atoms with van der Waals surface area (Å²) >= 11 is 0. The number of nitrogens with two attached hydrogens (primary N) is 1. The Hall–Kier alpha value is -2.76. The van der Waals surface area contributed by atoms with Crippen LogP contribution in [0.25, 0.3) is 0 Å². The summed E-state index contributed by atoms with van der Waals surface area (Å²) in [7, 11) is 0. The predicted octanol–water partition coefficient (Wildman–Crippen LogP) is 1.46. The van der Waals surface area contributed by atoms with Crippen molar-refractivity contribution in [1.29, 1.82) is 5.26 Å². The first-order valence-corrected chi connectivity index (χ1v) is 4.64. The quantitative estimate of drug-likeness (QED) is 0.783. The van der Waals surface area contributed by atoms with Crippen molar-refractivity contribution in [3.8, 4) is 6.07 Å². The number of nitriles is 1. The van der Waals surface area contributed by atoms with Gasteiger partial charge >= 0.3 is 18.2 Å². The summed E-state index contributed by atoms with van der Waals surface area (Å²) < 4.78 is 36.0. The van der Waals surface area contributed by atoms with Gasteiger partial charge in [-0.3, -0.25) is 0 Å². The molecular formula is C10H6F3N3O3. The molecule has 100 valence electrons. The second kappa shape index (κ2) is 5.26. The van der Waals surface area contributed by atoms with E-state index in [4.69, 9.17) is 11.0 Å². The van der Waals surface area contributed by atoms with E-state index in [1.807, 2.05) is 0 Å². The van der Waals surface area contributed by atoms with Gasteiger partial charge < -0.3 is 10.6 Å². The van der Waals surface area contributed by atoms with Crippen LogP contribution < -0.4 is 10.8 Å². The molecule has 0 spiro atoms. The van der Waals surface area contributed by atoms with Crippen LogP contribution in [0.3, 0.4) is 0 Å². The number of anilines is 1. The number of hydrogen-bond donors (Lipinski definition) is 1. The molecule has 19 heavy (non-hydrogen) atoms. The normalized spacial score (nSPS) is 10.4. The molecule has 0 atom stereocenters. The summed E-state index contributed by atoms with van der Waals surface area (Å²) in [5, 5.41) is 8.52. The molecule has 2 N–H and O–H groups in total. The number of halogens is 3. The molecule has 0 unspecified atom stereocenters. The summed E-state index contributed by atoms with van der Waals surface area (Å²) in [5.74, 6) is -2.59. The Morgan fingerprint density at radius 3 is 2.16 bits per heavy atom. The van der Waals surface area contributed by atoms with E-state index in [0.29, 0.717) is 0 Å². The molecule has 0 saturated heterocycles. The number of amides is 2. The lowest BCUT2D eigenvalue weighted by Gasteiger charge is -2.19. The van der Waals surface area contributed by atoms with Crippen molar-refractivity contribution in [2.75, 3.05) is 5.06 Å². The van der Waals surface area contributed by atoms with Crippen molar-refractivity contribution < 1.29 is 27.6 Å². The van der Waals surface area contributed by atoms with E-state index in [9.17, 15) is 22.8 Å². The average Bonchev–Trinajstić information content (AvgIpc) is 2.34. The smallest absolute Gasteiger partial charge is 0.349 e. The van der Waals surface area contributed by atoms with Crippen LogP contribution in [0.5, 0.6) is 0 Å². The molecule has 0 heterocycles. The number of urea groups is 1. The van der Waals surface area contributed by atoms with Crippen LogP contribution in [-0.4, -0.2) is 18.2 Å². The monoisotopic (exact) mass is 273 g/mol. The zero-order valence-electron chi connectivity index (χ0n) is 9.14. The van der Waals surface area contributed by atoms with Crippen LogP contribution >= 0.6 is 0 Å². The number of rotatable bonds is 1. The first-order chi connectivity index (χ1) is 8.75. The summed E-state index contributed by atoms with van der Waals surface area (Å²) in [6, 6.07) is 4.99. The Balaban J connectivity index is 2.98. The summed E-state index contributed by atoms with van der Waals surface area (Å²) in [4.78, 5) is 25.4. The van der Waals surface area contributed by atoms with Crippen molar-refractivity contribution in [3.63, 3.8) is 0 Å². The molecule has 0 fully saturated rings. The second-order valence-electron chi connectivity index (χ2n) is 3.17. The molecule has 1 rings (SSSR count). The number of primary amides is 1. The Bertz CT molecular complexity index is 534. The van der Waals surface area contributed by atoms with Crippen LogP contribution in [0.15, 0.2) is 24.3 Å². The van der Waals surface area contributed by atoms with Crippen molar-refractivity contribution in [2.24, 2.45) is 5.73 Å². The Morgan fingerprint density at radius 1 is 1.26 bits per heavy atom. The molecular weight excluding hydrogens is 267 g/mol. The lowest BCUT2D eigenvalue weighted by Crippen LogP contribution is -2.41. The molecule has 0 aliphatic rings. The molecule has 0 saturated carbocycles. The van der Waals surface area contributed by atoms with Crippen LogP contribution in [-0.2, 0) is 9.63 Å². The molecule has 6 nitrogen and oxygen atoms in total. The van der Waals surface area contributed by atoms with Gasteiger partial charge in [0.25, 0.3) is 0 Å². The maximum absolute atomic E-state index is 12.0. The number of carbonyl (C=O) groups is 2. The van der Waals surface area contributed by atoms with Gasteiger partial charge in [-0.2, -0.15) is 18.4 Å². The highest BCUT2D eigenvalue weighted by Gasteiger charge is 2.43. The number of nitrogens with zero attached hydrogens (tertiary/aromatic N) is 2. The maximum atomic E-state index is 12.0. The topological polar surface area (TPSA) is 96.4 Å². The molecule has 0 aliphatic heterocycles. The highest BCUT2D eigenvalue weighted by atomic mass is 19.4. The highest BCUT2D eigenvalue weighted by molar-refractivity contribution is 5.91. The van der Waals surface area contributed by atoms with E-state index in [1.165, 1.54) is 12.1 Å². The van der Waals surface area contributed by atoms with Crippen LogP contribution in [0.1, 0.15) is 5.56 Å². The van der Waals surface area contributed by atoms with Crippen molar-refractivity contribution >= 4 is 17.7 Å². The molecule has 2 amide bonds. The number of hydrogen-bond acceptors (Lipinski definition) is 4. The minimum atomic E-state index is -5.26. The van der Waals surface area contributed by atoms with Crippen molar-refractivity contribution in [2.45, 2.75) is 6.18 Å². The lowest BCUT2D eigenvalue weighted by molar-refractivity contribution is -0.199. The molecule has 1 aromatic carbocycles. The zero-order chi connectivity index (χ0) is 14.6. The lowest BCUT2D eigenvalue weighted by atomic mass is 10.2. The van der Waals surface area contributed by atoms with Gasteiger partial charge in [0.05, 0.1) is 17.3 Å². The summed E-state index contributed by atoms with van der Waals surface area (Å²) in [6.45, 7) is 0. The van der Waals surface area contributed by atoms with Gasteiger partial charge in [-0.05, 0) is 24.3 Å². The van der Waals surface area contributed by atoms with Gasteiger partial charge in [-0.15, -0.1) is 5.06 Å². The first-order valence-electron chi connectivity index (χ1n) is 4.64. The van der Waals surface area contributed by atoms with E-state index in [0.717, 1.165) is 12.1 Å². The van der Waals surface area contributed by atoms with Crippen molar-refractivity contribution in [1.82, 2.24) is 0 Å². The number of carbonyl (C=O) groups excluding carboxylic acids is 2. The van der Waals surface area contributed by atoms with Crippen LogP contribution in [0.4, 0.5) is 23.7 Å². The average molecular weight is 273 g/mol. The molecule has 0 aliphatic carbocycles. The molecule has 0 aromatic heterocycles. The molecule has 9 heteroatoms. The van der Waals surface area contributed by atoms with Gasteiger partial charge in [0, 0.05) is 0 Å². The van der Waals surface area contributed by atoms with E-state index in [1.54, 1.807) is 6.07 Å². The predicted molar refractivity (Wildman–Crippen MR) is 55.4 cm³/mol. The van der Waals surface area contributed by atoms with E-state index >= 15 is 0 Å². The molecule has 0 radical (unpaired) electrons. The Kier molecular flexibility index (Phi) is 3.96. The Morgan fingerprint density at radius 2 is 1.79 bits per heavy atom. The third kappa shape index (κ3) is 3.60. The minimum Gasteiger partial charge on any atom is -0.349 e. The third-order valence-corrected chi connectivity index (χ3v) is 1.84.